The molecular weight excluding hydrogens is 296 g/mol. The highest BCUT2D eigenvalue weighted by Gasteiger charge is 2.12. The lowest BCUT2D eigenvalue weighted by atomic mass is 10.2. The van der Waals surface area contributed by atoms with Crippen LogP contribution in [0.15, 0.2) is 18.2 Å². The molecule has 6 heteroatoms. The van der Waals surface area contributed by atoms with Gasteiger partial charge in [0, 0.05) is 11.4 Å². The number of benzene rings is 1. The molecule has 0 unspecified atom stereocenters. The van der Waals surface area contributed by atoms with Gasteiger partial charge in [-0.3, -0.25) is 10.6 Å². The number of aryl methyl sites for hydroxylation is 1. The maximum Gasteiger partial charge on any atom is 0.411 e. The summed E-state index contributed by atoms with van der Waals surface area (Å²) in [6, 6.07) is 5.22. The maximum atomic E-state index is 11.8. The molecule has 0 bridgehead atoms. The third-order valence-electron chi connectivity index (χ3n) is 3.49. The van der Waals surface area contributed by atoms with E-state index in [-0.39, 0.29) is 12.2 Å². The standard InChI is InChI=1S/C17H26N2O4/c1-6-12(4)22-16(20)18-14-9-8-11(3)15(10-14)19-17(21)23-13(5)7-2/h8-10,12-13H,6-7H2,1-5H3,(H,18,20)(H,19,21)/t12-,13-/m0/s1. The van der Waals surface area contributed by atoms with Crippen molar-refractivity contribution < 1.29 is 19.1 Å². The van der Waals surface area contributed by atoms with Gasteiger partial charge in [0.25, 0.3) is 0 Å². The number of nitrogens with one attached hydrogen (secondary N) is 2. The van der Waals surface area contributed by atoms with Gasteiger partial charge < -0.3 is 9.47 Å². The molecule has 23 heavy (non-hydrogen) atoms. The Morgan fingerprint density at radius 2 is 1.52 bits per heavy atom. The molecule has 0 radical (unpaired) electrons. The van der Waals surface area contributed by atoms with Gasteiger partial charge in [-0.15, -0.1) is 0 Å². The van der Waals surface area contributed by atoms with Gasteiger partial charge in [-0.25, -0.2) is 9.59 Å². The second-order valence-corrected chi connectivity index (χ2v) is 5.53. The van der Waals surface area contributed by atoms with E-state index in [1.165, 1.54) is 0 Å². The summed E-state index contributed by atoms with van der Waals surface area (Å²) in [6.07, 6.45) is 0.161. The third kappa shape index (κ3) is 6.59. The van der Waals surface area contributed by atoms with Gasteiger partial charge >= 0.3 is 12.2 Å². The third-order valence-corrected chi connectivity index (χ3v) is 3.49. The van der Waals surface area contributed by atoms with Gasteiger partial charge in [0.15, 0.2) is 0 Å². The summed E-state index contributed by atoms with van der Waals surface area (Å²) in [7, 11) is 0. The molecule has 2 amide bonds. The number of rotatable bonds is 6. The minimum absolute atomic E-state index is 0.149. The molecule has 1 aromatic rings. The van der Waals surface area contributed by atoms with Crippen molar-refractivity contribution >= 4 is 23.6 Å². The van der Waals surface area contributed by atoms with E-state index >= 15 is 0 Å². The largest absolute Gasteiger partial charge is 0.446 e. The highest BCUT2D eigenvalue weighted by Crippen LogP contribution is 2.21. The Bertz CT molecular complexity index is 545. The van der Waals surface area contributed by atoms with E-state index in [9.17, 15) is 9.59 Å². The van der Waals surface area contributed by atoms with Crippen molar-refractivity contribution in [3.05, 3.63) is 23.8 Å². The first-order valence-corrected chi connectivity index (χ1v) is 7.91. The molecule has 0 aliphatic heterocycles. The van der Waals surface area contributed by atoms with Gasteiger partial charge in [0.1, 0.15) is 12.2 Å². The molecule has 0 spiro atoms. The minimum atomic E-state index is -0.517. The summed E-state index contributed by atoms with van der Waals surface area (Å²) in [5.74, 6) is 0. The first kappa shape index (κ1) is 18.8. The van der Waals surface area contributed by atoms with Crippen molar-refractivity contribution in [1.29, 1.82) is 0 Å². The molecule has 1 aromatic carbocycles. The fourth-order valence-electron chi connectivity index (χ4n) is 1.65. The number of carbonyl (C=O) groups excluding carboxylic acids is 2. The van der Waals surface area contributed by atoms with Gasteiger partial charge in [0.05, 0.1) is 0 Å². The van der Waals surface area contributed by atoms with E-state index in [0.717, 1.165) is 18.4 Å². The lowest BCUT2D eigenvalue weighted by Gasteiger charge is -2.15. The van der Waals surface area contributed by atoms with Crippen LogP contribution in [-0.4, -0.2) is 24.4 Å². The summed E-state index contributed by atoms with van der Waals surface area (Å²) < 4.78 is 10.3. The fourth-order valence-corrected chi connectivity index (χ4v) is 1.65. The molecule has 2 atom stereocenters. The van der Waals surface area contributed by atoms with Crippen LogP contribution in [0.25, 0.3) is 0 Å². The SMILES string of the molecule is CC[C@H](C)OC(=O)Nc1ccc(C)c(NC(=O)O[C@@H](C)CC)c1. The van der Waals surface area contributed by atoms with Crippen LogP contribution < -0.4 is 10.6 Å². The molecular formula is C17H26N2O4. The maximum absolute atomic E-state index is 11.8. The summed E-state index contributed by atoms with van der Waals surface area (Å²) in [5, 5.41) is 5.33. The Kier molecular flexibility index (Phi) is 7.38. The summed E-state index contributed by atoms with van der Waals surface area (Å²) in [4.78, 5) is 23.5. The Balaban J connectivity index is 2.71. The Morgan fingerprint density at radius 3 is 2.04 bits per heavy atom. The summed E-state index contributed by atoms with van der Waals surface area (Å²) >= 11 is 0. The van der Waals surface area contributed by atoms with Crippen LogP contribution >= 0.6 is 0 Å². The first-order chi connectivity index (χ1) is 10.8. The van der Waals surface area contributed by atoms with Crippen LogP contribution in [0.5, 0.6) is 0 Å². The van der Waals surface area contributed by atoms with Gasteiger partial charge in [0.2, 0.25) is 0 Å². The monoisotopic (exact) mass is 322 g/mol. The molecule has 0 aromatic heterocycles. The molecule has 2 N–H and O–H groups in total. The molecule has 1 rings (SSSR count). The second-order valence-electron chi connectivity index (χ2n) is 5.53. The van der Waals surface area contributed by atoms with Crippen molar-refractivity contribution in [2.45, 2.75) is 59.7 Å². The van der Waals surface area contributed by atoms with Crippen LogP contribution in [0, 0.1) is 6.92 Å². The zero-order chi connectivity index (χ0) is 17.4. The molecule has 0 heterocycles. The lowest BCUT2D eigenvalue weighted by molar-refractivity contribution is 0.117. The molecule has 0 saturated heterocycles. The second kappa shape index (κ2) is 9.02. The zero-order valence-corrected chi connectivity index (χ0v) is 14.4. The Hall–Kier alpha value is -2.24. The van der Waals surface area contributed by atoms with Crippen molar-refractivity contribution in [3.63, 3.8) is 0 Å². The quantitative estimate of drug-likeness (QED) is 0.796. The van der Waals surface area contributed by atoms with E-state index in [2.05, 4.69) is 10.6 Å². The van der Waals surface area contributed by atoms with Crippen LogP contribution in [0.2, 0.25) is 0 Å². The zero-order valence-electron chi connectivity index (χ0n) is 14.4. The van der Waals surface area contributed by atoms with Crippen LogP contribution in [-0.2, 0) is 9.47 Å². The van der Waals surface area contributed by atoms with E-state index in [1.54, 1.807) is 18.2 Å². The van der Waals surface area contributed by atoms with Crippen LogP contribution in [0.4, 0.5) is 21.0 Å². The number of hydrogen-bond donors (Lipinski definition) is 2. The van der Waals surface area contributed by atoms with Crippen molar-refractivity contribution in [2.24, 2.45) is 0 Å². The van der Waals surface area contributed by atoms with Crippen molar-refractivity contribution in [3.8, 4) is 0 Å². The number of amides is 2. The highest BCUT2D eigenvalue weighted by atomic mass is 16.6. The first-order valence-electron chi connectivity index (χ1n) is 7.91. The smallest absolute Gasteiger partial charge is 0.411 e. The van der Waals surface area contributed by atoms with Crippen molar-refractivity contribution in [2.75, 3.05) is 10.6 Å². The van der Waals surface area contributed by atoms with Crippen LogP contribution in [0.3, 0.4) is 0 Å². The Labute approximate surface area is 137 Å². The predicted molar refractivity (Wildman–Crippen MR) is 90.9 cm³/mol. The number of anilines is 2. The van der Waals surface area contributed by atoms with E-state index in [0.29, 0.717) is 11.4 Å². The lowest BCUT2D eigenvalue weighted by Crippen LogP contribution is -2.21. The number of carbonyl (C=O) groups is 2. The molecule has 0 aliphatic carbocycles. The summed E-state index contributed by atoms with van der Waals surface area (Å²) in [6.45, 7) is 9.40. The minimum Gasteiger partial charge on any atom is -0.446 e. The van der Waals surface area contributed by atoms with Gasteiger partial charge in [-0.05, 0) is 51.3 Å². The average molecular weight is 322 g/mol. The van der Waals surface area contributed by atoms with E-state index in [1.807, 2.05) is 34.6 Å². The average Bonchev–Trinajstić information content (AvgIpc) is 2.50. The fraction of sp³-hybridized carbons (Fsp3) is 0.529. The summed E-state index contributed by atoms with van der Waals surface area (Å²) in [5.41, 5.74) is 1.99. The normalized spacial score (nSPS) is 12.9. The highest BCUT2D eigenvalue weighted by molar-refractivity contribution is 5.89. The topological polar surface area (TPSA) is 76.7 Å². The van der Waals surface area contributed by atoms with E-state index < -0.39 is 12.2 Å². The Morgan fingerprint density at radius 1 is 1.00 bits per heavy atom. The molecule has 128 valence electrons. The van der Waals surface area contributed by atoms with E-state index in [4.69, 9.17) is 9.47 Å². The molecule has 6 nitrogen and oxygen atoms in total. The molecule has 0 saturated carbocycles. The van der Waals surface area contributed by atoms with Crippen molar-refractivity contribution in [1.82, 2.24) is 0 Å². The molecule has 0 fully saturated rings. The number of ether oxygens (including phenoxy) is 2. The predicted octanol–water partition coefficient (Wildman–Crippen LogP) is 4.69. The number of hydrogen-bond acceptors (Lipinski definition) is 4. The van der Waals surface area contributed by atoms with Crippen LogP contribution in [0.1, 0.15) is 46.1 Å². The van der Waals surface area contributed by atoms with Gasteiger partial charge in [-0.2, -0.15) is 0 Å². The van der Waals surface area contributed by atoms with Gasteiger partial charge in [-0.1, -0.05) is 19.9 Å². The molecule has 0 aliphatic rings.